The minimum absolute atomic E-state index is 0.0330. The number of amides is 1. The quantitative estimate of drug-likeness (QED) is 0.414. The summed E-state index contributed by atoms with van der Waals surface area (Å²) in [6.07, 6.45) is 3.28. The number of carbonyl (C=O) groups excluding carboxylic acids is 1. The number of nitrogens with one attached hydrogen (secondary N) is 1. The van der Waals surface area contributed by atoms with Crippen molar-refractivity contribution in [3.8, 4) is 11.5 Å². The van der Waals surface area contributed by atoms with Crippen molar-refractivity contribution in [2.75, 3.05) is 68.2 Å². The van der Waals surface area contributed by atoms with Gasteiger partial charge in [-0.05, 0) is 83.6 Å². The molecule has 0 aromatic heterocycles. The van der Waals surface area contributed by atoms with E-state index in [0.717, 1.165) is 18.8 Å². The van der Waals surface area contributed by atoms with Gasteiger partial charge in [0.15, 0.2) is 11.5 Å². The van der Waals surface area contributed by atoms with Crippen LogP contribution in [-0.2, 0) is 11.2 Å². The average molecular weight is 530 g/mol. The molecule has 214 valence electrons. The molecule has 1 aliphatic rings. The molecule has 7 heteroatoms. The van der Waals surface area contributed by atoms with Crippen molar-refractivity contribution in [3.63, 3.8) is 0 Å². The van der Waals surface area contributed by atoms with Gasteiger partial charge in [0.05, 0.1) is 13.7 Å². The lowest BCUT2D eigenvalue weighted by Gasteiger charge is -2.22. The molecule has 0 aliphatic carbocycles. The fourth-order valence-electron chi connectivity index (χ4n) is 3.85. The smallest absolute Gasteiger partial charge is 0.253 e. The number of aryl methyl sites for hydroxylation is 1. The van der Waals surface area contributed by atoms with E-state index in [1.54, 1.807) is 44.4 Å². The number of hydrogen-bond acceptors (Lipinski definition) is 6. The molecule has 2 aromatic rings. The van der Waals surface area contributed by atoms with Crippen LogP contribution in [0.25, 0.3) is 0 Å². The van der Waals surface area contributed by atoms with Crippen LogP contribution in [0.4, 0.5) is 0 Å². The number of rotatable bonds is 11. The zero-order valence-corrected chi connectivity index (χ0v) is 25.0. The maximum atomic E-state index is 12.3. The SMILES string of the molecule is CCc1ccccc1.CN(C)CC1CCNC1.COCCCOc1cc(C(=O)N(C)C(C)C)ccc1OC. The van der Waals surface area contributed by atoms with Crippen LogP contribution < -0.4 is 14.8 Å². The van der Waals surface area contributed by atoms with Crippen LogP contribution in [0.3, 0.4) is 0 Å². The Bertz CT molecular complexity index is 884. The minimum atomic E-state index is -0.0330. The summed E-state index contributed by atoms with van der Waals surface area (Å²) >= 11 is 0. The highest BCUT2D eigenvalue weighted by Gasteiger charge is 2.17. The van der Waals surface area contributed by atoms with Gasteiger partial charge in [-0.2, -0.15) is 0 Å². The number of methoxy groups -OCH3 is 2. The molecule has 1 aliphatic heterocycles. The van der Waals surface area contributed by atoms with E-state index in [0.29, 0.717) is 30.3 Å². The molecule has 38 heavy (non-hydrogen) atoms. The van der Waals surface area contributed by atoms with Gasteiger partial charge in [0.1, 0.15) is 0 Å². The first-order chi connectivity index (χ1) is 18.2. The maximum Gasteiger partial charge on any atom is 0.253 e. The normalized spacial score (nSPS) is 14.3. The van der Waals surface area contributed by atoms with E-state index in [1.165, 1.54) is 31.6 Å². The highest BCUT2D eigenvalue weighted by atomic mass is 16.5. The Kier molecular flexibility index (Phi) is 17.1. The Morgan fingerprint density at radius 1 is 1.03 bits per heavy atom. The van der Waals surface area contributed by atoms with E-state index in [1.807, 2.05) is 19.9 Å². The number of nitrogens with zero attached hydrogens (tertiary/aromatic N) is 2. The fraction of sp³-hybridized carbons (Fsp3) is 0.581. The molecule has 0 bridgehead atoms. The molecular formula is C31H51N3O4. The van der Waals surface area contributed by atoms with E-state index in [2.05, 4.69) is 55.5 Å². The van der Waals surface area contributed by atoms with Crippen molar-refractivity contribution >= 4 is 5.91 Å². The number of carbonyl (C=O) groups is 1. The number of benzene rings is 2. The first-order valence-electron chi connectivity index (χ1n) is 13.7. The van der Waals surface area contributed by atoms with Crippen LogP contribution in [0.15, 0.2) is 48.5 Å². The zero-order chi connectivity index (χ0) is 28.3. The molecule has 1 fully saturated rings. The number of ether oxygens (including phenoxy) is 3. The van der Waals surface area contributed by atoms with Crippen molar-refractivity contribution in [2.24, 2.45) is 5.92 Å². The third-order valence-corrected chi connectivity index (χ3v) is 6.29. The molecule has 1 atom stereocenters. The third kappa shape index (κ3) is 13.3. The van der Waals surface area contributed by atoms with Crippen molar-refractivity contribution in [1.29, 1.82) is 0 Å². The van der Waals surface area contributed by atoms with Gasteiger partial charge in [-0.15, -0.1) is 0 Å². The second-order valence-corrected chi connectivity index (χ2v) is 10.0. The lowest BCUT2D eigenvalue weighted by Crippen LogP contribution is -2.32. The van der Waals surface area contributed by atoms with E-state index in [4.69, 9.17) is 14.2 Å². The van der Waals surface area contributed by atoms with Crippen LogP contribution in [-0.4, -0.2) is 90.0 Å². The lowest BCUT2D eigenvalue weighted by molar-refractivity contribution is 0.0754. The van der Waals surface area contributed by atoms with Crippen molar-refractivity contribution in [1.82, 2.24) is 15.1 Å². The van der Waals surface area contributed by atoms with E-state index < -0.39 is 0 Å². The second kappa shape index (κ2) is 19.5. The Hall–Kier alpha value is -2.61. The topological polar surface area (TPSA) is 63.3 Å². The van der Waals surface area contributed by atoms with Crippen molar-refractivity contribution in [3.05, 3.63) is 59.7 Å². The van der Waals surface area contributed by atoms with Gasteiger partial charge in [-0.3, -0.25) is 4.79 Å². The zero-order valence-electron chi connectivity index (χ0n) is 25.0. The minimum Gasteiger partial charge on any atom is -0.493 e. The third-order valence-electron chi connectivity index (χ3n) is 6.29. The van der Waals surface area contributed by atoms with Crippen molar-refractivity contribution < 1.29 is 19.0 Å². The standard InChI is InChI=1S/C16H25NO4.C8H10.C7H16N2/c1-12(2)17(3)16(18)13-7-8-14(20-5)15(11-13)21-10-6-9-19-4;1-2-8-6-4-3-5-7-8;1-9(2)6-7-3-4-8-5-7/h7-8,11-12H,6,9-10H2,1-5H3;3-7H,2H2,1H3;7-8H,3-6H2,1-2H3. The van der Waals surface area contributed by atoms with Gasteiger partial charge in [-0.25, -0.2) is 0 Å². The van der Waals surface area contributed by atoms with E-state index in [-0.39, 0.29) is 11.9 Å². The Labute approximate surface area is 231 Å². The average Bonchev–Trinajstić information content (AvgIpc) is 3.43. The molecule has 0 spiro atoms. The van der Waals surface area contributed by atoms with Crippen LogP contribution in [0.1, 0.15) is 49.5 Å². The highest BCUT2D eigenvalue weighted by molar-refractivity contribution is 5.94. The van der Waals surface area contributed by atoms with Gasteiger partial charge >= 0.3 is 0 Å². The summed E-state index contributed by atoms with van der Waals surface area (Å²) in [6.45, 7) is 10.9. The summed E-state index contributed by atoms with van der Waals surface area (Å²) < 4.78 is 15.9. The lowest BCUT2D eigenvalue weighted by atomic mass is 10.1. The second-order valence-electron chi connectivity index (χ2n) is 10.0. The molecule has 1 saturated heterocycles. The Balaban J connectivity index is 0.000000344. The Morgan fingerprint density at radius 2 is 1.74 bits per heavy atom. The van der Waals surface area contributed by atoms with Gasteiger partial charge in [0.25, 0.3) is 5.91 Å². The molecule has 0 saturated carbocycles. The molecule has 1 N–H and O–H groups in total. The van der Waals surface area contributed by atoms with Gasteiger partial charge in [0.2, 0.25) is 0 Å². The van der Waals surface area contributed by atoms with Crippen LogP contribution in [0.2, 0.25) is 0 Å². The fourth-order valence-corrected chi connectivity index (χ4v) is 3.85. The van der Waals surface area contributed by atoms with Gasteiger partial charge < -0.3 is 29.3 Å². The summed E-state index contributed by atoms with van der Waals surface area (Å²) in [7, 11) is 9.30. The monoisotopic (exact) mass is 529 g/mol. The summed E-state index contributed by atoms with van der Waals surface area (Å²) in [5.41, 5.74) is 2.00. The predicted octanol–water partition coefficient (Wildman–Crippen LogP) is 5.00. The molecule has 7 nitrogen and oxygen atoms in total. The summed E-state index contributed by atoms with van der Waals surface area (Å²) in [4.78, 5) is 16.3. The molecule has 0 radical (unpaired) electrons. The molecule has 1 heterocycles. The van der Waals surface area contributed by atoms with Gasteiger partial charge in [-0.1, -0.05) is 37.3 Å². The van der Waals surface area contributed by atoms with E-state index >= 15 is 0 Å². The van der Waals surface area contributed by atoms with Crippen LogP contribution >= 0.6 is 0 Å². The van der Waals surface area contributed by atoms with E-state index in [9.17, 15) is 4.79 Å². The predicted molar refractivity (Wildman–Crippen MR) is 158 cm³/mol. The Morgan fingerprint density at radius 3 is 2.24 bits per heavy atom. The van der Waals surface area contributed by atoms with Crippen molar-refractivity contribution in [2.45, 2.75) is 46.1 Å². The van der Waals surface area contributed by atoms with Crippen LogP contribution in [0.5, 0.6) is 11.5 Å². The van der Waals surface area contributed by atoms with Crippen LogP contribution in [0, 0.1) is 5.92 Å². The molecule has 2 aromatic carbocycles. The molecular weight excluding hydrogens is 478 g/mol. The highest BCUT2D eigenvalue weighted by Crippen LogP contribution is 2.28. The summed E-state index contributed by atoms with van der Waals surface area (Å²) in [5.74, 6) is 2.07. The molecule has 3 rings (SSSR count). The molecule has 1 amide bonds. The summed E-state index contributed by atoms with van der Waals surface area (Å²) in [6, 6.07) is 15.8. The first kappa shape index (κ1) is 33.4. The maximum absolute atomic E-state index is 12.3. The van der Waals surface area contributed by atoms with Gasteiger partial charge in [0, 0.05) is 45.3 Å². The largest absolute Gasteiger partial charge is 0.493 e. The summed E-state index contributed by atoms with van der Waals surface area (Å²) in [5, 5.41) is 3.35. The number of hydrogen-bond donors (Lipinski definition) is 1. The molecule has 1 unspecified atom stereocenters. The first-order valence-corrected chi connectivity index (χ1v) is 13.7.